The highest BCUT2D eigenvalue weighted by molar-refractivity contribution is 6.00. The first kappa shape index (κ1) is 30.8. The molecule has 0 bridgehead atoms. The Morgan fingerprint density at radius 1 is 1.00 bits per heavy atom. The fourth-order valence-corrected chi connectivity index (χ4v) is 5.57. The number of amides is 1. The molecule has 1 aliphatic rings. The van der Waals surface area contributed by atoms with E-state index in [0.717, 1.165) is 23.4 Å². The average molecular weight is 607 g/mol. The molecule has 0 saturated carbocycles. The third-order valence-corrected chi connectivity index (χ3v) is 7.67. The molecule has 8 nitrogen and oxygen atoms in total. The van der Waals surface area contributed by atoms with Crippen molar-refractivity contribution >= 4 is 11.7 Å². The molecule has 0 unspecified atom stereocenters. The summed E-state index contributed by atoms with van der Waals surface area (Å²) in [4.78, 5) is 32.4. The minimum Gasteiger partial charge on any atom is -0.493 e. The van der Waals surface area contributed by atoms with Gasteiger partial charge in [-0.05, 0) is 59.4 Å². The Bertz CT molecular complexity index is 1710. The molecule has 2 aromatic heterocycles. The highest BCUT2D eigenvalue weighted by Crippen LogP contribution is 2.38. The number of ether oxygens (including phenoxy) is 2. The second-order valence-corrected chi connectivity index (χ2v) is 11.8. The maximum absolute atomic E-state index is 13.4. The van der Waals surface area contributed by atoms with Crippen molar-refractivity contribution in [1.82, 2.24) is 19.7 Å². The van der Waals surface area contributed by atoms with Crippen LogP contribution in [0.25, 0.3) is 5.82 Å². The lowest BCUT2D eigenvalue weighted by Gasteiger charge is -2.29. The summed E-state index contributed by atoms with van der Waals surface area (Å²) < 4.78 is 51.8. The fourth-order valence-electron chi connectivity index (χ4n) is 5.57. The summed E-state index contributed by atoms with van der Waals surface area (Å²) >= 11 is 0. The number of nitrogens with zero attached hydrogens (tertiary/aromatic N) is 4. The SMILES string of the molecule is COc1ccc(Cc2nn(-c3ccc(C(=O)N(C)Cc4cccc(C(F)(F)F)c4)cn3)c3c2C(=O)CC(C)(C)C3)cc1OC. The van der Waals surface area contributed by atoms with E-state index in [-0.39, 0.29) is 23.3 Å². The van der Waals surface area contributed by atoms with E-state index in [1.165, 1.54) is 24.2 Å². The number of rotatable bonds is 8. The molecule has 0 N–H and O–H groups in total. The minimum atomic E-state index is -4.47. The molecular weight excluding hydrogens is 573 g/mol. The van der Waals surface area contributed by atoms with Crippen molar-refractivity contribution < 1.29 is 32.2 Å². The van der Waals surface area contributed by atoms with Crippen LogP contribution in [0.15, 0.2) is 60.8 Å². The Hall–Kier alpha value is -4.67. The molecule has 1 aliphatic carbocycles. The Morgan fingerprint density at radius 2 is 1.75 bits per heavy atom. The third kappa shape index (κ3) is 6.31. The number of benzene rings is 2. The molecule has 0 spiro atoms. The third-order valence-electron chi connectivity index (χ3n) is 7.67. The lowest BCUT2D eigenvalue weighted by molar-refractivity contribution is -0.137. The molecule has 4 aromatic rings. The lowest BCUT2D eigenvalue weighted by atomic mass is 9.75. The molecule has 44 heavy (non-hydrogen) atoms. The zero-order valence-electron chi connectivity index (χ0n) is 25.2. The maximum atomic E-state index is 13.4. The standard InChI is InChI=1S/C33H33F3N4O4/c1-32(2)16-25-30(26(41)17-32)24(14-20-9-11-27(43-4)28(15-20)44-5)38-40(25)29-12-10-22(18-37-29)31(42)39(3)19-21-7-6-8-23(13-21)33(34,35)36/h6-13,15,18H,14,16-17,19H2,1-5H3. The number of halogens is 3. The van der Waals surface area contributed by atoms with Crippen LogP contribution < -0.4 is 9.47 Å². The van der Waals surface area contributed by atoms with Crippen LogP contribution >= 0.6 is 0 Å². The fraction of sp³-hybridized carbons (Fsp3) is 0.333. The van der Waals surface area contributed by atoms with E-state index in [1.807, 2.05) is 32.0 Å². The minimum absolute atomic E-state index is 0.00608. The summed E-state index contributed by atoms with van der Waals surface area (Å²) in [5.41, 5.74) is 2.45. The highest BCUT2D eigenvalue weighted by atomic mass is 19.4. The number of alkyl halides is 3. The summed E-state index contributed by atoms with van der Waals surface area (Å²) in [6.07, 6.45) is -1.67. The van der Waals surface area contributed by atoms with Gasteiger partial charge in [0.05, 0.1) is 42.3 Å². The van der Waals surface area contributed by atoms with Crippen molar-refractivity contribution in [2.24, 2.45) is 5.41 Å². The van der Waals surface area contributed by atoms with Gasteiger partial charge < -0.3 is 14.4 Å². The summed E-state index contributed by atoms with van der Waals surface area (Å²) in [6, 6.07) is 13.7. The van der Waals surface area contributed by atoms with E-state index in [2.05, 4.69) is 4.98 Å². The number of hydrogen-bond donors (Lipinski definition) is 0. The molecule has 1 amide bonds. The Balaban J connectivity index is 1.42. The van der Waals surface area contributed by atoms with Crippen LogP contribution in [0, 0.1) is 5.41 Å². The molecular formula is C33H33F3N4O4. The molecule has 230 valence electrons. The highest BCUT2D eigenvalue weighted by Gasteiger charge is 2.37. The summed E-state index contributed by atoms with van der Waals surface area (Å²) in [7, 11) is 4.65. The second-order valence-electron chi connectivity index (χ2n) is 11.8. The van der Waals surface area contributed by atoms with Crippen molar-refractivity contribution in [3.05, 3.63) is 100.0 Å². The van der Waals surface area contributed by atoms with Gasteiger partial charge in [0.15, 0.2) is 23.1 Å². The van der Waals surface area contributed by atoms with Gasteiger partial charge in [0.25, 0.3) is 5.91 Å². The van der Waals surface area contributed by atoms with E-state index in [9.17, 15) is 22.8 Å². The average Bonchev–Trinajstić information content (AvgIpc) is 3.33. The number of carbonyl (C=O) groups excluding carboxylic acids is 2. The van der Waals surface area contributed by atoms with Gasteiger partial charge in [-0.1, -0.05) is 32.0 Å². The molecule has 2 heterocycles. The molecule has 0 atom stereocenters. The summed E-state index contributed by atoms with van der Waals surface area (Å²) in [5, 5.41) is 4.84. The quantitative estimate of drug-likeness (QED) is 0.233. The first-order valence-corrected chi connectivity index (χ1v) is 14.0. The van der Waals surface area contributed by atoms with Crippen molar-refractivity contribution in [2.45, 2.75) is 45.8 Å². The zero-order chi connectivity index (χ0) is 31.8. The number of aromatic nitrogens is 3. The molecule has 5 rings (SSSR count). The van der Waals surface area contributed by atoms with E-state index in [0.29, 0.717) is 53.4 Å². The smallest absolute Gasteiger partial charge is 0.416 e. The normalized spacial score (nSPS) is 14.2. The molecule has 0 radical (unpaired) electrons. The predicted octanol–water partition coefficient (Wildman–Crippen LogP) is 6.32. The van der Waals surface area contributed by atoms with Gasteiger partial charge in [-0.25, -0.2) is 9.67 Å². The summed E-state index contributed by atoms with van der Waals surface area (Å²) in [6.45, 7) is 4.07. The Kier molecular flexibility index (Phi) is 8.24. The first-order chi connectivity index (χ1) is 20.8. The van der Waals surface area contributed by atoms with Crippen molar-refractivity contribution in [3.8, 4) is 17.3 Å². The van der Waals surface area contributed by atoms with Crippen LogP contribution in [0.4, 0.5) is 13.2 Å². The number of carbonyl (C=O) groups is 2. The van der Waals surface area contributed by atoms with Crippen molar-refractivity contribution in [3.63, 3.8) is 0 Å². The van der Waals surface area contributed by atoms with Crippen LogP contribution in [-0.2, 0) is 25.6 Å². The van der Waals surface area contributed by atoms with Gasteiger partial charge >= 0.3 is 6.18 Å². The number of ketones is 1. The molecule has 2 aromatic carbocycles. The van der Waals surface area contributed by atoms with E-state index >= 15 is 0 Å². The lowest BCUT2D eigenvalue weighted by Crippen LogP contribution is -2.28. The summed E-state index contributed by atoms with van der Waals surface area (Å²) in [5.74, 6) is 1.24. The van der Waals surface area contributed by atoms with Gasteiger partial charge in [-0.3, -0.25) is 9.59 Å². The van der Waals surface area contributed by atoms with Crippen LogP contribution in [0.2, 0.25) is 0 Å². The second kappa shape index (κ2) is 11.8. The van der Waals surface area contributed by atoms with E-state index < -0.39 is 17.6 Å². The van der Waals surface area contributed by atoms with E-state index in [1.54, 1.807) is 37.1 Å². The predicted molar refractivity (Wildman–Crippen MR) is 157 cm³/mol. The monoisotopic (exact) mass is 606 g/mol. The maximum Gasteiger partial charge on any atom is 0.416 e. The number of Topliss-reactive ketones (excluding diaryl/α,β-unsaturated/α-hetero) is 1. The van der Waals surface area contributed by atoms with Gasteiger partial charge in [-0.2, -0.15) is 18.3 Å². The number of hydrogen-bond acceptors (Lipinski definition) is 6. The Labute approximate surface area is 253 Å². The Morgan fingerprint density at radius 3 is 2.41 bits per heavy atom. The molecule has 0 aliphatic heterocycles. The molecule has 0 fully saturated rings. The van der Waals surface area contributed by atoms with Crippen molar-refractivity contribution in [1.29, 1.82) is 0 Å². The van der Waals surface area contributed by atoms with Gasteiger partial charge in [-0.15, -0.1) is 0 Å². The van der Waals surface area contributed by atoms with Gasteiger partial charge in [0, 0.05) is 32.6 Å². The largest absolute Gasteiger partial charge is 0.493 e. The van der Waals surface area contributed by atoms with E-state index in [4.69, 9.17) is 14.6 Å². The first-order valence-electron chi connectivity index (χ1n) is 14.0. The van der Waals surface area contributed by atoms with Gasteiger partial charge in [0.2, 0.25) is 0 Å². The molecule has 0 saturated heterocycles. The van der Waals surface area contributed by atoms with Gasteiger partial charge in [0.1, 0.15) is 0 Å². The topological polar surface area (TPSA) is 86.6 Å². The number of methoxy groups -OCH3 is 2. The van der Waals surface area contributed by atoms with Crippen LogP contribution in [0.5, 0.6) is 11.5 Å². The zero-order valence-corrected chi connectivity index (χ0v) is 25.2. The van der Waals surface area contributed by atoms with Crippen LogP contribution in [0.3, 0.4) is 0 Å². The van der Waals surface area contributed by atoms with Crippen molar-refractivity contribution in [2.75, 3.05) is 21.3 Å². The van der Waals surface area contributed by atoms with Crippen LogP contribution in [0.1, 0.15) is 69.1 Å². The number of pyridine rings is 1. The van der Waals surface area contributed by atoms with Crippen LogP contribution in [-0.4, -0.2) is 52.6 Å². The number of fused-ring (bicyclic) bond motifs is 1. The molecule has 11 heteroatoms.